The quantitative estimate of drug-likeness (QED) is 0.377. The van der Waals surface area contributed by atoms with Crippen LogP contribution in [0.1, 0.15) is 27.0 Å². The van der Waals surface area contributed by atoms with Gasteiger partial charge in [-0.1, -0.05) is 40.9 Å². The van der Waals surface area contributed by atoms with Crippen LogP contribution in [0.2, 0.25) is 15.1 Å². The summed E-state index contributed by atoms with van der Waals surface area (Å²) in [6.45, 7) is 5.13. The molecule has 3 rings (SSSR count). The van der Waals surface area contributed by atoms with Gasteiger partial charge in [-0.05, 0) is 61.7 Å². The van der Waals surface area contributed by atoms with Gasteiger partial charge in [0.15, 0.2) is 0 Å². The molecule has 3 amide bonds. The maximum absolute atomic E-state index is 13.8. The fourth-order valence-electron chi connectivity index (χ4n) is 2.99. The lowest BCUT2D eigenvalue weighted by molar-refractivity contribution is 0.0959. The molecule has 0 fully saturated rings. The molecule has 0 aliphatic heterocycles. The summed E-state index contributed by atoms with van der Waals surface area (Å²) in [6.07, 6.45) is 0. The van der Waals surface area contributed by atoms with Crippen LogP contribution in [-0.2, 0) is 0 Å². The monoisotopic (exact) mass is 512 g/mol. The predicted octanol–water partition coefficient (Wildman–Crippen LogP) is 7.60. The minimum atomic E-state index is -1.22. The van der Waals surface area contributed by atoms with Gasteiger partial charge in [0.2, 0.25) is 0 Å². The Morgan fingerprint density at radius 2 is 1.52 bits per heavy atom. The van der Waals surface area contributed by atoms with Crippen LogP contribution in [0.25, 0.3) is 0 Å². The van der Waals surface area contributed by atoms with Gasteiger partial charge in [-0.3, -0.25) is 10.1 Å². The number of amides is 3. The summed E-state index contributed by atoms with van der Waals surface area (Å²) in [5, 5.41) is 5.26. The number of imide groups is 1. The SMILES string of the molecule is Cc1cc(Cl)c(Cl)cc1Oc1c(C)cc(NC(=O)NC(=O)c2c(F)cccc2F)c(C)c1Cl. The van der Waals surface area contributed by atoms with Crippen LogP contribution < -0.4 is 15.4 Å². The lowest BCUT2D eigenvalue weighted by Gasteiger charge is -2.18. The van der Waals surface area contributed by atoms with Crippen molar-refractivity contribution in [2.24, 2.45) is 0 Å². The number of nitrogens with one attached hydrogen (secondary N) is 2. The summed E-state index contributed by atoms with van der Waals surface area (Å²) in [4.78, 5) is 24.4. The first kappa shape index (κ1) is 24.8. The standard InChI is InChI=1S/C23H17Cl3F2N2O3/c1-10-7-13(24)14(25)9-18(10)33-21-11(2)8-17(12(3)20(21)26)29-23(32)30-22(31)19-15(27)5-4-6-16(19)28/h4-9H,1-3H3,(H2,29,30,31,32). The molecular formula is C23H17Cl3F2N2O3. The van der Waals surface area contributed by atoms with Crippen molar-refractivity contribution in [3.63, 3.8) is 0 Å². The second kappa shape index (κ2) is 9.95. The van der Waals surface area contributed by atoms with Gasteiger partial charge in [0.05, 0.1) is 15.1 Å². The van der Waals surface area contributed by atoms with Crippen molar-refractivity contribution in [1.29, 1.82) is 0 Å². The van der Waals surface area contributed by atoms with E-state index in [0.717, 1.165) is 23.8 Å². The molecule has 0 heterocycles. The Morgan fingerprint density at radius 1 is 0.909 bits per heavy atom. The Labute approximate surface area is 203 Å². The first-order valence-electron chi connectivity index (χ1n) is 9.49. The van der Waals surface area contributed by atoms with Crippen molar-refractivity contribution in [3.05, 3.63) is 85.4 Å². The molecule has 2 N–H and O–H groups in total. The van der Waals surface area contributed by atoms with E-state index in [-0.39, 0.29) is 10.7 Å². The molecule has 0 bridgehead atoms. The molecule has 172 valence electrons. The molecule has 0 aliphatic rings. The Kier molecular flexibility index (Phi) is 7.47. The molecule has 33 heavy (non-hydrogen) atoms. The van der Waals surface area contributed by atoms with E-state index in [1.54, 1.807) is 39.0 Å². The van der Waals surface area contributed by atoms with Crippen LogP contribution in [0.5, 0.6) is 11.5 Å². The molecule has 3 aromatic carbocycles. The normalized spacial score (nSPS) is 10.7. The highest BCUT2D eigenvalue weighted by Gasteiger charge is 2.21. The number of halogens is 5. The second-order valence-corrected chi connectivity index (χ2v) is 8.34. The third kappa shape index (κ3) is 5.38. The number of ether oxygens (including phenoxy) is 1. The van der Waals surface area contributed by atoms with E-state index in [1.165, 1.54) is 0 Å². The second-order valence-electron chi connectivity index (χ2n) is 7.15. The molecule has 0 unspecified atom stereocenters. The molecule has 0 saturated heterocycles. The van der Waals surface area contributed by atoms with Crippen LogP contribution >= 0.6 is 34.8 Å². The number of carbonyl (C=O) groups is 2. The van der Waals surface area contributed by atoms with E-state index in [0.29, 0.717) is 32.7 Å². The average molecular weight is 514 g/mol. The van der Waals surface area contributed by atoms with Crippen LogP contribution in [0.3, 0.4) is 0 Å². The minimum absolute atomic E-state index is 0.210. The zero-order valence-electron chi connectivity index (χ0n) is 17.6. The number of hydrogen-bond donors (Lipinski definition) is 2. The number of carbonyl (C=O) groups excluding carboxylic acids is 2. The van der Waals surface area contributed by atoms with Crippen molar-refractivity contribution in [1.82, 2.24) is 5.32 Å². The van der Waals surface area contributed by atoms with Gasteiger partial charge in [-0.15, -0.1) is 0 Å². The summed E-state index contributed by atoms with van der Waals surface area (Å²) in [6, 6.07) is 6.75. The molecule has 0 saturated carbocycles. The van der Waals surface area contributed by atoms with Crippen molar-refractivity contribution in [2.75, 3.05) is 5.32 Å². The van der Waals surface area contributed by atoms with Gasteiger partial charge in [0.25, 0.3) is 5.91 Å². The Hall–Kier alpha value is -2.87. The number of anilines is 1. The third-order valence-corrected chi connectivity index (χ3v) is 5.92. The van der Waals surface area contributed by atoms with Crippen LogP contribution in [0.15, 0.2) is 36.4 Å². The lowest BCUT2D eigenvalue weighted by Crippen LogP contribution is -2.35. The summed E-state index contributed by atoms with van der Waals surface area (Å²) >= 11 is 18.6. The maximum Gasteiger partial charge on any atom is 0.326 e. The smallest absolute Gasteiger partial charge is 0.326 e. The number of hydrogen-bond acceptors (Lipinski definition) is 3. The van der Waals surface area contributed by atoms with E-state index in [1.807, 2.05) is 5.32 Å². The van der Waals surface area contributed by atoms with E-state index in [9.17, 15) is 18.4 Å². The fourth-order valence-corrected chi connectivity index (χ4v) is 3.65. The number of aryl methyl sites for hydroxylation is 2. The first-order chi connectivity index (χ1) is 15.5. The molecule has 0 radical (unpaired) electrons. The Bertz CT molecular complexity index is 1260. The molecule has 3 aromatic rings. The van der Waals surface area contributed by atoms with E-state index in [4.69, 9.17) is 39.5 Å². The predicted molar refractivity (Wildman–Crippen MR) is 125 cm³/mol. The number of rotatable bonds is 4. The Morgan fingerprint density at radius 3 is 2.15 bits per heavy atom. The van der Waals surface area contributed by atoms with Crippen LogP contribution in [0, 0.1) is 32.4 Å². The molecule has 5 nitrogen and oxygen atoms in total. The van der Waals surface area contributed by atoms with Crippen LogP contribution in [-0.4, -0.2) is 11.9 Å². The lowest BCUT2D eigenvalue weighted by atomic mass is 10.1. The zero-order chi connectivity index (χ0) is 24.4. The van der Waals surface area contributed by atoms with Gasteiger partial charge in [-0.25, -0.2) is 13.6 Å². The fraction of sp³-hybridized carbons (Fsp3) is 0.130. The van der Waals surface area contributed by atoms with E-state index >= 15 is 0 Å². The topological polar surface area (TPSA) is 67.4 Å². The van der Waals surface area contributed by atoms with Crippen molar-refractivity contribution < 1.29 is 23.1 Å². The minimum Gasteiger partial charge on any atom is -0.455 e. The molecule has 0 atom stereocenters. The summed E-state index contributed by atoms with van der Waals surface area (Å²) in [5.41, 5.74) is 1.15. The van der Waals surface area contributed by atoms with Gasteiger partial charge in [0.1, 0.15) is 28.7 Å². The van der Waals surface area contributed by atoms with E-state index in [2.05, 4.69) is 5.32 Å². The average Bonchev–Trinajstić information content (AvgIpc) is 2.72. The number of benzene rings is 3. The highest BCUT2D eigenvalue weighted by atomic mass is 35.5. The summed E-state index contributed by atoms with van der Waals surface area (Å²) in [5.74, 6) is -2.61. The Balaban J connectivity index is 1.82. The molecule has 10 heteroatoms. The molecular weight excluding hydrogens is 497 g/mol. The van der Waals surface area contributed by atoms with E-state index < -0.39 is 29.1 Å². The zero-order valence-corrected chi connectivity index (χ0v) is 19.8. The van der Waals surface area contributed by atoms with Gasteiger partial charge < -0.3 is 10.1 Å². The van der Waals surface area contributed by atoms with Gasteiger partial charge >= 0.3 is 6.03 Å². The van der Waals surface area contributed by atoms with Gasteiger partial charge in [-0.2, -0.15) is 0 Å². The number of urea groups is 1. The van der Waals surface area contributed by atoms with Crippen LogP contribution in [0.4, 0.5) is 19.3 Å². The van der Waals surface area contributed by atoms with Crippen molar-refractivity contribution in [3.8, 4) is 11.5 Å². The third-order valence-electron chi connectivity index (χ3n) is 4.75. The summed E-state index contributed by atoms with van der Waals surface area (Å²) in [7, 11) is 0. The summed E-state index contributed by atoms with van der Waals surface area (Å²) < 4.78 is 33.5. The van der Waals surface area contributed by atoms with Crippen molar-refractivity contribution >= 4 is 52.4 Å². The molecule has 0 aromatic heterocycles. The van der Waals surface area contributed by atoms with Crippen molar-refractivity contribution in [2.45, 2.75) is 20.8 Å². The highest BCUT2D eigenvalue weighted by Crippen LogP contribution is 2.41. The maximum atomic E-state index is 13.8. The van der Waals surface area contributed by atoms with Gasteiger partial charge in [0, 0.05) is 11.8 Å². The largest absolute Gasteiger partial charge is 0.455 e. The molecule has 0 spiro atoms. The first-order valence-corrected chi connectivity index (χ1v) is 10.6. The highest BCUT2D eigenvalue weighted by molar-refractivity contribution is 6.42. The molecule has 0 aliphatic carbocycles.